The summed E-state index contributed by atoms with van der Waals surface area (Å²) >= 11 is 3.33. The highest BCUT2D eigenvalue weighted by atomic mass is 79.9. The lowest BCUT2D eigenvalue weighted by Crippen LogP contribution is -2.30. The van der Waals surface area contributed by atoms with Crippen LogP contribution in [0.1, 0.15) is 19.8 Å². The SMILES string of the molecule is CC(OC(=O)CCCOc1cccc(Br)c1)C(=O)Nc1ccc(F)cc1F. The van der Waals surface area contributed by atoms with Gasteiger partial charge < -0.3 is 14.8 Å². The fraction of sp³-hybridized carbons (Fsp3) is 0.263. The molecule has 1 amide bonds. The second-order valence-corrected chi connectivity index (χ2v) is 6.57. The molecule has 0 aliphatic carbocycles. The molecule has 0 aliphatic heterocycles. The van der Waals surface area contributed by atoms with E-state index in [1.165, 1.54) is 6.92 Å². The maximum Gasteiger partial charge on any atom is 0.306 e. The topological polar surface area (TPSA) is 64.6 Å². The summed E-state index contributed by atoms with van der Waals surface area (Å²) in [4.78, 5) is 23.8. The number of carbonyl (C=O) groups excluding carboxylic acids is 2. The summed E-state index contributed by atoms with van der Waals surface area (Å²) in [5.41, 5.74) is -0.188. The maximum absolute atomic E-state index is 13.5. The Kier molecular flexibility index (Phi) is 7.72. The Morgan fingerprint density at radius 3 is 2.67 bits per heavy atom. The zero-order valence-corrected chi connectivity index (χ0v) is 16.1. The van der Waals surface area contributed by atoms with Crippen LogP contribution in [-0.2, 0) is 14.3 Å². The number of esters is 1. The van der Waals surface area contributed by atoms with Gasteiger partial charge in [0.1, 0.15) is 17.4 Å². The monoisotopic (exact) mass is 441 g/mol. The van der Waals surface area contributed by atoms with Gasteiger partial charge in [0.2, 0.25) is 0 Å². The van der Waals surface area contributed by atoms with Crippen LogP contribution in [0.15, 0.2) is 46.9 Å². The molecule has 2 aromatic rings. The molecule has 0 saturated heterocycles. The molecule has 0 aliphatic rings. The Bertz CT molecular complexity index is 816. The Morgan fingerprint density at radius 1 is 1.19 bits per heavy atom. The van der Waals surface area contributed by atoms with Crippen molar-refractivity contribution < 1.29 is 27.8 Å². The number of hydrogen-bond donors (Lipinski definition) is 1. The first kappa shape index (κ1) is 20.8. The van der Waals surface area contributed by atoms with E-state index in [1.54, 1.807) is 12.1 Å². The second-order valence-electron chi connectivity index (χ2n) is 5.65. The largest absolute Gasteiger partial charge is 0.494 e. The third-order valence-corrected chi connectivity index (χ3v) is 3.95. The summed E-state index contributed by atoms with van der Waals surface area (Å²) in [7, 11) is 0. The van der Waals surface area contributed by atoms with Crippen molar-refractivity contribution in [3.8, 4) is 5.75 Å². The van der Waals surface area contributed by atoms with Gasteiger partial charge in [-0.2, -0.15) is 0 Å². The summed E-state index contributed by atoms with van der Waals surface area (Å²) in [6.07, 6.45) is -0.643. The van der Waals surface area contributed by atoms with Gasteiger partial charge in [0.05, 0.1) is 12.3 Å². The van der Waals surface area contributed by atoms with E-state index < -0.39 is 29.6 Å². The van der Waals surface area contributed by atoms with Gasteiger partial charge in [-0.3, -0.25) is 9.59 Å². The van der Waals surface area contributed by atoms with Crippen LogP contribution in [0.4, 0.5) is 14.5 Å². The minimum absolute atomic E-state index is 0.0660. The van der Waals surface area contributed by atoms with Gasteiger partial charge in [0, 0.05) is 17.0 Å². The lowest BCUT2D eigenvalue weighted by Gasteiger charge is -2.14. The van der Waals surface area contributed by atoms with Crippen molar-refractivity contribution in [3.63, 3.8) is 0 Å². The van der Waals surface area contributed by atoms with Crippen molar-refractivity contribution in [1.29, 1.82) is 0 Å². The molecule has 1 N–H and O–H groups in total. The zero-order chi connectivity index (χ0) is 19.8. The molecule has 144 valence electrons. The van der Waals surface area contributed by atoms with E-state index in [0.29, 0.717) is 24.8 Å². The molecular weight excluding hydrogens is 424 g/mol. The first-order valence-corrected chi connectivity index (χ1v) is 8.98. The number of benzene rings is 2. The Hall–Kier alpha value is -2.48. The average Bonchev–Trinajstić information content (AvgIpc) is 2.61. The summed E-state index contributed by atoms with van der Waals surface area (Å²) in [6, 6.07) is 10.1. The van der Waals surface area contributed by atoms with Gasteiger partial charge in [0.25, 0.3) is 5.91 Å². The van der Waals surface area contributed by atoms with Crippen molar-refractivity contribution in [2.75, 3.05) is 11.9 Å². The van der Waals surface area contributed by atoms with Crippen molar-refractivity contribution in [2.45, 2.75) is 25.9 Å². The van der Waals surface area contributed by atoms with Crippen LogP contribution in [0, 0.1) is 11.6 Å². The molecule has 0 aromatic heterocycles. The van der Waals surface area contributed by atoms with Crippen LogP contribution in [0.2, 0.25) is 0 Å². The van der Waals surface area contributed by atoms with Gasteiger partial charge >= 0.3 is 5.97 Å². The Morgan fingerprint density at radius 2 is 1.96 bits per heavy atom. The van der Waals surface area contributed by atoms with Crippen molar-refractivity contribution >= 4 is 33.5 Å². The molecule has 0 fully saturated rings. The number of carbonyl (C=O) groups is 2. The summed E-state index contributed by atoms with van der Waals surface area (Å²) in [5, 5.41) is 2.25. The Balaban J connectivity index is 1.71. The molecule has 1 unspecified atom stereocenters. The molecule has 8 heteroatoms. The first-order valence-electron chi connectivity index (χ1n) is 8.19. The van der Waals surface area contributed by atoms with Crippen LogP contribution in [0.5, 0.6) is 5.75 Å². The number of anilines is 1. The second kappa shape index (κ2) is 10.0. The third-order valence-electron chi connectivity index (χ3n) is 3.46. The minimum atomic E-state index is -1.12. The van der Waals surface area contributed by atoms with Crippen molar-refractivity contribution in [1.82, 2.24) is 0 Å². The van der Waals surface area contributed by atoms with Gasteiger partial charge in [0.15, 0.2) is 6.10 Å². The fourth-order valence-corrected chi connectivity index (χ4v) is 2.48. The van der Waals surface area contributed by atoms with E-state index >= 15 is 0 Å². The maximum atomic E-state index is 13.5. The number of hydrogen-bond acceptors (Lipinski definition) is 4. The van der Waals surface area contributed by atoms with Crippen LogP contribution in [0.25, 0.3) is 0 Å². The smallest absolute Gasteiger partial charge is 0.306 e. The lowest BCUT2D eigenvalue weighted by molar-refractivity contribution is -0.153. The summed E-state index contributed by atoms with van der Waals surface area (Å²) < 4.78 is 37.8. The standard InChI is InChI=1S/C19H18BrF2NO4/c1-12(19(25)23-17-8-7-14(21)11-16(17)22)27-18(24)6-3-9-26-15-5-2-4-13(20)10-15/h2,4-5,7-8,10-12H,3,6,9H2,1H3,(H,23,25). The number of amides is 1. The summed E-state index contributed by atoms with van der Waals surface area (Å²) in [6.45, 7) is 1.68. The van der Waals surface area contributed by atoms with Gasteiger partial charge in [-0.1, -0.05) is 22.0 Å². The van der Waals surface area contributed by atoms with E-state index in [1.807, 2.05) is 12.1 Å². The lowest BCUT2D eigenvalue weighted by atomic mass is 10.2. The highest BCUT2D eigenvalue weighted by Gasteiger charge is 2.19. The number of ether oxygens (including phenoxy) is 2. The predicted molar refractivity (Wildman–Crippen MR) is 99.4 cm³/mol. The fourth-order valence-electron chi connectivity index (χ4n) is 2.10. The molecule has 2 aromatic carbocycles. The van der Waals surface area contributed by atoms with Crippen LogP contribution >= 0.6 is 15.9 Å². The van der Waals surface area contributed by atoms with Crippen LogP contribution in [0.3, 0.4) is 0 Å². The quantitative estimate of drug-likeness (QED) is 0.485. The highest BCUT2D eigenvalue weighted by molar-refractivity contribution is 9.10. The molecule has 5 nitrogen and oxygen atoms in total. The molecule has 0 radical (unpaired) electrons. The minimum Gasteiger partial charge on any atom is -0.494 e. The molecule has 0 spiro atoms. The normalized spacial score (nSPS) is 11.6. The first-order chi connectivity index (χ1) is 12.8. The average molecular weight is 442 g/mol. The van der Waals surface area contributed by atoms with E-state index in [4.69, 9.17) is 9.47 Å². The molecule has 2 rings (SSSR count). The van der Waals surface area contributed by atoms with Crippen LogP contribution in [-0.4, -0.2) is 24.6 Å². The number of halogens is 3. The van der Waals surface area contributed by atoms with E-state index in [0.717, 1.165) is 16.6 Å². The molecular formula is C19H18BrF2NO4. The number of rotatable bonds is 8. The van der Waals surface area contributed by atoms with Crippen molar-refractivity contribution in [3.05, 3.63) is 58.6 Å². The predicted octanol–water partition coefficient (Wildman–Crippen LogP) is 4.46. The molecule has 27 heavy (non-hydrogen) atoms. The third kappa shape index (κ3) is 6.97. The van der Waals surface area contributed by atoms with Gasteiger partial charge in [-0.25, -0.2) is 8.78 Å². The molecule has 0 bridgehead atoms. The zero-order valence-electron chi connectivity index (χ0n) is 14.5. The molecule has 0 heterocycles. The number of nitrogens with one attached hydrogen (secondary N) is 1. The molecule has 0 saturated carbocycles. The highest BCUT2D eigenvalue weighted by Crippen LogP contribution is 2.18. The Labute approximate surface area is 163 Å². The van der Waals surface area contributed by atoms with E-state index in [2.05, 4.69) is 21.2 Å². The van der Waals surface area contributed by atoms with Crippen molar-refractivity contribution in [2.24, 2.45) is 0 Å². The van der Waals surface area contributed by atoms with E-state index in [-0.39, 0.29) is 12.1 Å². The molecule has 1 atom stereocenters. The van der Waals surface area contributed by atoms with Gasteiger partial charge in [-0.15, -0.1) is 0 Å². The summed E-state index contributed by atoms with van der Waals surface area (Å²) in [5.74, 6) is -2.28. The van der Waals surface area contributed by atoms with Crippen LogP contribution < -0.4 is 10.1 Å². The van der Waals surface area contributed by atoms with E-state index in [9.17, 15) is 18.4 Å². The van der Waals surface area contributed by atoms with Gasteiger partial charge in [-0.05, 0) is 43.7 Å².